The molecule has 0 aliphatic carbocycles. The average molecular weight is 388 g/mol. The van der Waals surface area contributed by atoms with Crippen molar-refractivity contribution in [2.45, 2.75) is 18.2 Å². The van der Waals surface area contributed by atoms with Crippen molar-refractivity contribution in [3.63, 3.8) is 0 Å². The van der Waals surface area contributed by atoms with Gasteiger partial charge in [-0.15, -0.1) is 0 Å². The summed E-state index contributed by atoms with van der Waals surface area (Å²) in [7, 11) is 0. The summed E-state index contributed by atoms with van der Waals surface area (Å²) in [6.07, 6.45) is 0. The Hall–Kier alpha value is -2.31. The van der Waals surface area contributed by atoms with E-state index < -0.39 is 0 Å². The fraction of sp³-hybridized carbons (Fsp3) is 0.158. The van der Waals surface area contributed by atoms with Gasteiger partial charge in [0.05, 0.1) is 17.9 Å². The van der Waals surface area contributed by atoms with Gasteiger partial charge in [-0.1, -0.05) is 35.5 Å². The van der Waals surface area contributed by atoms with Crippen molar-refractivity contribution in [2.75, 3.05) is 5.75 Å². The number of aromatic nitrogens is 2. The number of imidazole rings is 1. The summed E-state index contributed by atoms with van der Waals surface area (Å²) in [5.74, 6) is 0.368. The van der Waals surface area contributed by atoms with E-state index in [1.54, 1.807) is 11.8 Å². The van der Waals surface area contributed by atoms with Gasteiger partial charge in [-0.2, -0.15) is 0 Å². The molecule has 0 saturated heterocycles. The predicted octanol–water partition coefficient (Wildman–Crippen LogP) is 4.38. The fourth-order valence-electron chi connectivity index (χ4n) is 2.92. The van der Waals surface area contributed by atoms with Gasteiger partial charge in [0.15, 0.2) is 5.16 Å². The summed E-state index contributed by atoms with van der Waals surface area (Å²) >= 11 is 7.69. The second-order valence-corrected chi connectivity index (χ2v) is 7.38. The minimum atomic E-state index is -0.364. The second-order valence-electron chi connectivity index (χ2n) is 5.89. The zero-order valence-electron chi connectivity index (χ0n) is 13.7. The van der Waals surface area contributed by atoms with Crippen molar-refractivity contribution in [3.05, 3.63) is 70.6 Å². The Morgan fingerprint density at radius 2 is 1.92 bits per heavy atom. The van der Waals surface area contributed by atoms with Gasteiger partial charge >= 0.3 is 0 Å². The number of nitrogens with one attached hydrogen (secondary N) is 1. The summed E-state index contributed by atoms with van der Waals surface area (Å²) in [5.41, 5.74) is 3.20. The van der Waals surface area contributed by atoms with Gasteiger partial charge < -0.3 is 9.88 Å². The minimum absolute atomic E-state index is 0.242. The first-order chi connectivity index (χ1) is 12.6. The number of rotatable bonds is 4. The van der Waals surface area contributed by atoms with Crippen LogP contribution in [0.4, 0.5) is 4.39 Å². The van der Waals surface area contributed by atoms with Crippen LogP contribution in [0.2, 0.25) is 5.02 Å². The van der Waals surface area contributed by atoms with Gasteiger partial charge in [-0.3, -0.25) is 4.79 Å². The van der Waals surface area contributed by atoms with Crippen molar-refractivity contribution in [1.82, 2.24) is 14.9 Å². The van der Waals surface area contributed by atoms with E-state index in [4.69, 9.17) is 16.6 Å². The Labute approximate surface area is 159 Å². The summed E-state index contributed by atoms with van der Waals surface area (Å²) in [5, 5.41) is 4.54. The molecule has 1 aromatic heterocycles. The van der Waals surface area contributed by atoms with Crippen LogP contribution in [0.1, 0.15) is 16.1 Å². The highest BCUT2D eigenvalue weighted by atomic mass is 35.5. The number of hydrogen-bond donors (Lipinski definition) is 1. The lowest BCUT2D eigenvalue weighted by Gasteiger charge is -2.10. The highest BCUT2D eigenvalue weighted by Gasteiger charge is 2.23. The number of carbonyl (C=O) groups excluding carboxylic acids is 1. The van der Waals surface area contributed by atoms with Crippen molar-refractivity contribution in [2.24, 2.45) is 0 Å². The van der Waals surface area contributed by atoms with Crippen LogP contribution in [-0.4, -0.2) is 21.2 Å². The molecule has 0 saturated carbocycles. The van der Waals surface area contributed by atoms with Crippen LogP contribution in [-0.2, 0) is 13.1 Å². The van der Waals surface area contributed by atoms with E-state index in [-0.39, 0.29) is 11.7 Å². The molecule has 3 aromatic rings. The molecule has 2 aromatic carbocycles. The molecule has 0 unspecified atom stereocenters. The molecule has 1 amide bonds. The SMILES string of the molecule is O=C(NCc1c(-c2ccc(Cl)cc2)nc2n1CCS2)c1ccc(F)cc1. The molecule has 0 bridgehead atoms. The van der Waals surface area contributed by atoms with E-state index in [9.17, 15) is 9.18 Å². The van der Waals surface area contributed by atoms with Gasteiger partial charge in [0.2, 0.25) is 0 Å². The number of carbonyl (C=O) groups is 1. The number of fused-ring (bicyclic) bond motifs is 1. The topological polar surface area (TPSA) is 46.9 Å². The number of halogens is 2. The van der Waals surface area contributed by atoms with E-state index in [1.165, 1.54) is 24.3 Å². The molecule has 0 atom stereocenters. The highest BCUT2D eigenvalue weighted by Crippen LogP contribution is 2.33. The average Bonchev–Trinajstić information content (AvgIpc) is 3.22. The lowest BCUT2D eigenvalue weighted by Crippen LogP contribution is -2.24. The lowest BCUT2D eigenvalue weighted by atomic mass is 10.1. The van der Waals surface area contributed by atoms with Crippen LogP contribution in [0.5, 0.6) is 0 Å². The molecule has 2 heterocycles. The third-order valence-corrected chi connectivity index (χ3v) is 5.43. The van der Waals surface area contributed by atoms with Crippen LogP contribution in [0.25, 0.3) is 11.3 Å². The van der Waals surface area contributed by atoms with Crippen LogP contribution < -0.4 is 5.32 Å². The van der Waals surface area contributed by atoms with Gasteiger partial charge in [-0.05, 0) is 36.4 Å². The molecule has 0 radical (unpaired) electrons. The zero-order valence-corrected chi connectivity index (χ0v) is 15.3. The molecule has 4 nitrogen and oxygen atoms in total. The number of hydrogen-bond acceptors (Lipinski definition) is 3. The van der Waals surface area contributed by atoms with Crippen molar-refractivity contribution in [3.8, 4) is 11.3 Å². The summed E-state index contributed by atoms with van der Waals surface area (Å²) in [6.45, 7) is 1.21. The maximum absolute atomic E-state index is 13.0. The molecule has 0 fully saturated rings. The molecule has 1 N–H and O–H groups in total. The van der Waals surface area contributed by atoms with E-state index in [0.717, 1.165) is 34.4 Å². The normalized spacial score (nSPS) is 12.8. The summed E-state index contributed by atoms with van der Waals surface area (Å²) in [4.78, 5) is 17.1. The van der Waals surface area contributed by atoms with Gasteiger partial charge in [0, 0.05) is 28.4 Å². The third-order valence-electron chi connectivity index (χ3n) is 4.22. The number of amides is 1. The van der Waals surface area contributed by atoms with E-state index in [0.29, 0.717) is 17.1 Å². The maximum atomic E-state index is 13.0. The monoisotopic (exact) mass is 387 g/mol. The molecular formula is C19H15ClFN3OS. The standard InChI is InChI=1S/C19H15ClFN3OS/c20-14-5-1-12(2-6-14)17-16(24-9-10-26-19(24)23-17)11-22-18(25)13-3-7-15(21)8-4-13/h1-8H,9-11H2,(H,22,25). The largest absolute Gasteiger partial charge is 0.346 e. The number of benzene rings is 2. The zero-order chi connectivity index (χ0) is 18.1. The first-order valence-corrected chi connectivity index (χ1v) is 9.50. The fourth-order valence-corrected chi connectivity index (χ4v) is 4.01. The van der Waals surface area contributed by atoms with Crippen molar-refractivity contribution in [1.29, 1.82) is 0 Å². The Balaban J connectivity index is 1.60. The quantitative estimate of drug-likeness (QED) is 0.722. The first kappa shape index (κ1) is 17.1. The Bertz CT molecular complexity index is 954. The molecule has 1 aliphatic heterocycles. The van der Waals surface area contributed by atoms with Crippen LogP contribution >= 0.6 is 23.4 Å². The van der Waals surface area contributed by atoms with Gasteiger partial charge in [-0.25, -0.2) is 9.37 Å². The predicted molar refractivity (Wildman–Crippen MR) is 101 cm³/mol. The Morgan fingerprint density at radius 3 is 2.65 bits per heavy atom. The summed E-state index contributed by atoms with van der Waals surface area (Å²) < 4.78 is 15.2. The maximum Gasteiger partial charge on any atom is 0.251 e. The number of thioether (sulfide) groups is 1. The van der Waals surface area contributed by atoms with Crippen LogP contribution in [0, 0.1) is 5.82 Å². The van der Waals surface area contributed by atoms with Crippen LogP contribution in [0.15, 0.2) is 53.7 Å². The molecular weight excluding hydrogens is 373 g/mol. The molecule has 7 heteroatoms. The molecule has 4 rings (SSSR count). The van der Waals surface area contributed by atoms with E-state index in [1.807, 2.05) is 24.3 Å². The molecule has 26 heavy (non-hydrogen) atoms. The Morgan fingerprint density at radius 1 is 1.19 bits per heavy atom. The van der Waals surface area contributed by atoms with Crippen LogP contribution in [0.3, 0.4) is 0 Å². The number of nitrogens with zero attached hydrogens (tertiary/aromatic N) is 2. The van der Waals surface area contributed by atoms with Crippen molar-refractivity contribution >= 4 is 29.3 Å². The second kappa shape index (κ2) is 7.13. The lowest BCUT2D eigenvalue weighted by molar-refractivity contribution is 0.0950. The third kappa shape index (κ3) is 3.34. The highest BCUT2D eigenvalue weighted by molar-refractivity contribution is 7.99. The van der Waals surface area contributed by atoms with Gasteiger partial charge in [0.25, 0.3) is 5.91 Å². The first-order valence-electron chi connectivity index (χ1n) is 8.14. The summed E-state index contributed by atoms with van der Waals surface area (Å²) in [6, 6.07) is 13.0. The molecule has 1 aliphatic rings. The van der Waals surface area contributed by atoms with E-state index >= 15 is 0 Å². The van der Waals surface area contributed by atoms with Crippen molar-refractivity contribution < 1.29 is 9.18 Å². The molecule has 132 valence electrons. The Kier molecular flexibility index (Phi) is 4.70. The molecule has 0 spiro atoms. The van der Waals surface area contributed by atoms with Gasteiger partial charge in [0.1, 0.15) is 5.82 Å². The van der Waals surface area contributed by atoms with E-state index in [2.05, 4.69) is 9.88 Å². The smallest absolute Gasteiger partial charge is 0.251 e. The minimum Gasteiger partial charge on any atom is -0.346 e.